The Balaban J connectivity index is 1.92. The van der Waals surface area contributed by atoms with E-state index in [0.29, 0.717) is 11.9 Å². The summed E-state index contributed by atoms with van der Waals surface area (Å²) in [5.74, 6) is 0.809. The molecule has 3 aromatic rings. The normalized spacial score (nSPS) is 11.1. The van der Waals surface area contributed by atoms with E-state index in [4.69, 9.17) is 4.98 Å². The summed E-state index contributed by atoms with van der Waals surface area (Å²) in [5, 5.41) is 1.49. The van der Waals surface area contributed by atoms with Gasteiger partial charge in [-0.05, 0) is 42.5 Å². The van der Waals surface area contributed by atoms with Gasteiger partial charge in [-0.2, -0.15) is 0 Å². The number of aromatic nitrogens is 2. The van der Waals surface area contributed by atoms with Gasteiger partial charge in [0, 0.05) is 17.2 Å². The van der Waals surface area contributed by atoms with E-state index in [2.05, 4.69) is 37.4 Å². The molecule has 0 saturated carbocycles. The van der Waals surface area contributed by atoms with Gasteiger partial charge in [-0.25, -0.2) is 4.98 Å². The van der Waals surface area contributed by atoms with Crippen molar-refractivity contribution < 1.29 is 0 Å². The number of nitrogens with zero attached hydrogens (tertiary/aromatic N) is 2. The molecule has 3 nitrogen and oxygen atoms in total. The van der Waals surface area contributed by atoms with Crippen LogP contribution in [0.25, 0.3) is 10.9 Å². The van der Waals surface area contributed by atoms with E-state index in [1.54, 1.807) is 23.5 Å². The molecule has 0 N–H and O–H groups in total. The molecule has 0 aliphatic rings. The van der Waals surface area contributed by atoms with Gasteiger partial charge >= 0.3 is 0 Å². The van der Waals surface area contributed by atoms with Gasteiger partial charge in [-0.15, -0.1) is 11.8 Å². The summed E-state index contributed by atoms with van der Waals surface area (Å²) in [7, 11) is 0. The lowest BCUT2D eigenvalue weighted by atomic mass is 10.2. The second kappa shape index (κ2) is 7.90. The number of fused-ring (bicyclic) bond motifs is 1. The molecule has 5 heteroatoms. The molecule has 0 aliphatic carbocycles. The number of rotatable bonds is 6. The van der Waals surface area contributed by atoms with Crippen LogP contribution in [-0.4, -0.2) is 15.8 Å². The van der Waals surface area contributed by atoms with E-state index >= 15 is 0 Å². The van der Waals surface area contributed by atoms with Crippen molar-refractivity contribution >= 4 is 34.4 Å². The largest absolute Gasteiger partial charge is 0.287 e. The van der Waals surface area contributed by atoms with E-state index in [1.165, 1.54) is 10.5 Å². The summed E-state index contributed by atoms with van der Waals surface area (Å²) >= 11 is 3.37. The highest BCUT2D eigenvalue weighted by Gasteiger charge is 2.11. The van der Waals surface area contributed by atoms with Gasteiger partial charge in [0.05, 0.1) is 10.9 Å². The molecule has 0 aliphatic heterocycles. The van der Waals surface area contributed by atoms with Gasteiger partial charge in [0.2, 0.25) is 0 Å². The fraction of sp³-hybridized carbons (Fsp3) is 0.263. The van der Waals surface area contributed by atoms with Crippen LogP contribution in [0.1, 0.15) is 18.9 Å². The maximum atomic E-state index is 12.7. The van der Waals surface area contributed by atoms with E-state index in [-0.39, 0.29) is 5.56 Å². The van der Waals surface area contributed by atoms with Crippen LogP contribution in [0.4, 0.5) is 0 Å². The maximum Gasteiger partial charge on any atom is 0.262 e. The van der Waals surface area contributed by atoms with Crippen molar-refractivity contribution in [2.75, 3.05) is 6.26 Å². The molecule has 0 fully saturated rings. The Morgan fingerprint density at radius 1 is 1.08 bits per heavy atom. The SMILES string of the molecule is CCCn1c(SCc2ccc(SC)cc2)nc2ccccc2c1=O. The first-order valence-corrected chi connectivity index (χ1v) is 10.2. The van der Waals surface area contributed by atoms with E-state index in [1.807, 2.05) is 28.8 Å². The Morgan fingerprint density at radius 2 is 1.83 bits per heavy atom. The Morgan fingerprint density at radius 3 is 2.54 bits per heavy atom. The molecular weight excluding hydrogens is 336 g/mol. The quantitative estimate of drug-likeness (QED) is 0.468. The van der Waals surface area contributed by atoms with Crippen molar-refractivity contribution in [3.05, 3.63) is 64.4 Å². The van der Waals surface area contributed by atoms with Crippen molar-refractivity contribution in [3.8, 4) is 0 Å². The Hall–Kier alpha value is -1.72. The molecule has 0 amide bonds. The summed E-state index contributed by atoms with van der Waals surface area (Å²) in [6, 6.07) is 16.1. The van der Waals surface area contributed by atoms with Crippen LogP contribution in [-0.2, 0) is 12.3 Å². The lowest BCUT2D eigenvalue weighted by Gasteiger charge is -2.12. The molecule has 1 aromatic heterocycles. The lowest BCUT2D eigenvalue weighted by Crippen LogP contribution is -2.23. The van der Waals surface area contributed by atoms with Gasteiger partial charge in [-0.1, -0.05) is 43.0 Å². The predicted molar refractivity (Wildman–Crippen MR) is 104 cm³/mol. The third-order valence-corrected chi connectivity index (χ3v) is 5.59. The molecule has 0 bridgehead atoms. The molecule has 1 heterocycles. The number of benzene rings is 2. The topological polar surface area (TPSA) is 34.9 Å². The van der Waals surface area contributed by atoms with Crippen LogP contribution in [0.3, 0.4) is 0 Å². The summed E-state index contributed by atoms with van der Waals surface area (Å²) in [5.41, 5.74) is 2.07. The first-order valence-electron chi connectivity index (χ1n) is 7.98. The molecule has 3 rings (SSSR count). The highest BCUT2D eigenvalue weighted by molar-refractivity contribution is 7.98. The minimum atomic E-state index is 0.0580. The van der Waals surface area contributed by atoms with Gasteiger partial charge < -0.3 is 0 Å². The minimum absolute atomic E-state index is 0.0580. The van der Waals surface area contributed by atoms with Crippen LogP contribution in [0.15, 0.2) is 63.4 Å². The van der Waals surface area contributed by atoms with Crippen molar-refractivity contribution in [2.45, 2.75) is 35.7 Å². The first kappa shape index (κ1) is 17.1. The molecule has 24 heavy (non-hydrogen) atoms. The average molecular weight is 357 g/mol. The number of thioether (sulfide) groups is 2. The Kier molecular flexibility index (Phi) is 5.63. The van der Waals surface area contributed by atoms with Crippen LogP contribution in [0, 0.1) is 0 Å². The zero-order valence-electron chi connectivity index (χ0n) is 13.9. The maximum absolute atomic E-state index is 12.7. The van der Waals surface area contributed by atoms with Crippen LogP contribution in [0.2, 0.25) is 0 Å². The second-order valence-electron chi connectivity index (χ2n) is 5.51. The number of hydrogen-bond donors (Lipinski definition) is 0. The molecule has 0 unspecified atom stereocenters. The Labute approximate surface area is 150 Å². The fourth-order valence-corrected chi connectivity index (χ4v) is 3.94. The predicted octanol–water partition coefficient (Wildman–Crippen LogP) is 4.82. The van der Waals surface area contributed by atoms with Crippen LogP contribution in [0.5, 0.6) is 0 Å². The standard InChI is InChI=1S/C19H20N2OS2/c1-3-12-21-18(22)16-6-4-5-7-17(16)20-19(21)24-13-14-8-10-15(23-2)11-9-14/h4-11H,3,12-13H2,1-2H3. The molecule has 124 valence electrons. The van der Waals surface area contributed by atoms with E-state index < -0.39 is 0 Å². The van der Waals surface area contributed by atoms with Gasteiger partial charge in [0.1, 0.15) is 0 Å². The van der Waals surface area contributed by atoms with Crippen molar-refractivity contribution in [3.63, 3.8) is 0 Å². The second-order valence-corrected chi connectivity index (χ2v) is 7.33. The zero-order valence-corrected chi connectivity index (χ0v) is 15.5. The van der Waals surface area contributed by atoms with Gasteiger partial charge in [-0.3, -0.25) is 9.36 Å². The number of para-hydroxylation sites is 1. The van der Waals surface area contributed by atoms with Crippen molar-refractivity contribution in [1.29, 1.82) is 0 Å². The molecule has 2 aromatic carbocycles. The average Bonchev–Trinajstić information content (AvgIpc) is 2.63. The van der Waals surface area contributed by atoms with E-state index in [9.17, 15) is 4.79 Å². The summed E-state index contributed by atoms with van der Waals surface area (Å²) in [4.78, 5) is 18.7. The molecule has 0 spiro atoms. The minimum Gasteiger partial charge on any atom is -0.287 e. The summed E-state index contributed by atoms with van der Waals surface area (Å²) in [6.07, 6.45) is 2.99. The zero-order chi connectivity index (χ0) is 16.9. The molecule has 0 atom stereocenters. The van der Waals surface area contributed by atoms with Gasteiger partial charge in [0.15, 0.2) is 5.16 Å². The van der Waals surface area contributed by atoms with Crippen LogP contribution >= 0.6 is 23.5 Å². The molecular formula is C19H20N2OS2. The van der Waals surface area contributed by atoms with Crippen molar-refractivity contribution in [2.24, 2.45) is 0 Å². The Bertz CT molecular complexity index is 888. The third kappa shape index (κ3) is 3.68. The summed E-state index contributed by atoms with van der Waals surface area (Å²) < 4.78 is 1.81. The monoisotopic (exact) mass is 356 g/mol. The number of hydrogen-bond acceptors (Lipinski definition) is 4. The van der Waals surface area contributed by atoms with Crippen molar-refractivity contribution in [1.82, 2.24) is 9.55 Å². The highest BCUT2D eigenvalue weighted by Crippen LogP contribution is 2.24. The van der Waals surface area contributed by atoms with Gasteiger partial charge in [0.25, 0.3) is 5.56 Å². The third-order valence-electron chi connectivity index (χ3n) is 3.80. The lowest BCUT2D eigenvalue weighted by molar-refractivity contribution is 0.585. The highest BCUT2D eigenvalue weighted by atomic mass is 32.2. The first-order chi connectivity index (χ1) is 11.7. The molecule has 0 saturated heterocycles. The van der Waals surface area contributed by atoms with Crippen LogP contribution < -0.4 is 5.56 Å². The smallest absolute Gasteiger partial charge is 0.262 e. The fourth-order valence-electron chi connectivity index (χ4n) is 2.55. The molecule has 0 radical (unpaired) electrons. The van der Waals surface area contributed by atoms with E-state index in [0.717, 1.165) is 22.8 Å². The summed E-state index contributed by atoms with van der Waals surface area (Å²) in [6.45, 7) is 2.78.